The number of nitrogens with two attached hydrogens (primary N) is 1. The SMILES string of the molecule is CC(=O)Oc1ccc2c3c1O[C@H]1[C@@H](OC(C)=O)C=C[C@H]4[C@@H](C2)N(C)CC[C@@]341.Nc1ncnc2[nH]cnc12.O=c1cc[nH]c(=O)[nH]1. The number of nitrogens with zero attached hydrogens (tertiary/aromatic N) is 4. The van der Waals surface area contributed by atoms with Crippen LogP contribution >= 0.6 is 0 Å². The molecule has 4 aliphatic rings. The van der Waals surface area contributed by atoms with Crippen LogP contribution in [0.3, 0.4) is 0 Å². The summed E-state index contributed by atoms with van der Waals surface area (Å²) >= 11 is 0. The van der Waals surface area contributed by atoms with Gasteiger partial charge in [0, 0.05) is 49.0 Å². The Morgan fingerprint density at radius 2 is 1.91 bits per heavy atom. The molecule has 5 N–H and O–H groups in total. The molecule has 0 amide bonds. The van der Waals surface area contributed by atoms with E-state index in [1.165, 1.54) is 44.3 Å². The van der Waals surface area contributed by atoms with Crippen LogP contribution in [0.1, 0.15) is 31.4 Å². The molecule has 1 fully saturated rings. The van der Waals surface area contributed by atoms with E-state index < -0.39 is 11.8 Å². The van der Waals surface area contributed by atoms with Crippen LogP contribution in [0.2, 0.25) is 0 Å². The maximum Gasteiger partial charge on any atom is 0.325 e. The van der Waals surface area contributed by atoms with E-state index in [9.17, 15) is 19.2 Å². The van der Waals surface area contributed by atoms with Crippen molar-refractivity contribution in [2.24, 2.45) is 5.92 Å². The number of nitrogens with one attached hydrogen (secondary N) is 3. The Morgan fingerprint density at radius 1 is 1.09 bits per heavy atom. The summed E-state index contributed by atoms with van der Waals surface area (Å²) in [6.07, 6.45) is 9.54. The number of benzene rings is 1. The van der Waals surface area contributed by atoms with Crippen LogP contribution in [0.4, 0.5) is 5.82 Å². The monoisotopic (exact) mass is 616 g/mol. The molecule has 5 atom stereocenters. The number of nitrogen functional groups attached to an aromatic ring is 1. The number of anilines is 1. The Bertz CT molecular complexity index is 1890. The number of carbonyl (C=O) groups excluding carboxylic acids is 2. The average molecular weight is 617 g/mol. The molecule has 3 aromatic heterocycles. The molecular weight excluding hydrogens is 584 g/mol. The second-order valence-corrected chi connectivity index (χ2v) is 11.2. The first-order chi connectivity index (χ1) is 21.6. The zero-order valence-corrected chi connectivity index (χ0v) is 24.8. The predicted molar refractivity (Wildman–Crippen MR) is 161 cm³/mol. The van der Waals surface area contributed by atoms with Gasteiger partial charge in [-0.2, -0.15) is 0 Å². The highest BCUT2D eigenvalue weighted by molar-refractivity contribution is 5.80. The molecule has 0 saturated carbocycles. The van der Waals surface area contributed by atoms with Crippen molar-refractivity contribution in [2.45, 2.75) is 50.4 Å². The van der Waals surface area contributed by atoms with Gasteiger partial charge in [-0.15, -0.1) is 0 Å². The van der Waals surface area contributed by atoms with Gasteiger partial charge < -0.3 is 34.8 Å². The molecule has 15 nitrogen and oxygen atoms in total. The number of likely N-dealkylation sites (tertiary alicyclic amines) is 1. The second kappa shape index (κ2) is 11.6. The van der Waals surface area contributed by atoms with Gasteiger partial charge in [0.05, 0.1) is 6.33 Å². The lowest BCUT2D eigenvalue weighted by atomic mass is 9.53. The van der Waals surface area contributed by atoms with Crippen LogP contribution in [0.15, 0.2) is 58.8 Å². The van der Waals surface area contributed by atoms with Gasteiger partial charge in [0.1, 0.15) is 17.9 Å². The molecule has 15 heteroatoms. The van der Waals surface area contributed by atoms with Gasteiger partial charge in [-0.05, 0) is 44.1 Å². The lowest BCUT2D eigenvalue weighted by molar-refractivity contribution is -0.152. The summed E-state index contributed by atoms with van der Waals surface area (Å²) in [5, 5.41) is 0. The number of imidazole rings is 1. The molecule has 0 unspecified atom stereocenters. The molecular formula is C30H32N8O7. The number of aromatic amines is 3. The summed E-state index contributed by atoms with van der Waals surface area (Å²) < 4.78 is 17.5. The van der Waals surface area contributed by atoms with Gasteiger partial charge in [0.15, 0.2) is 29.1 Å². The number of fused-ring (bicyclic) bond motifs is 1. The maximum absolute atomic E-state index is 11.7. The Labute approximate surface area is 255 Å². The van der Waals surface area contributed by atoms with Crippen molar-refractivity contribution >= 4 is 28.9 Å². The number of ether oxygens (including phenoxy) is 3. The Morgan fingerprint density at radius 3 is 2.60 bits per heavy atom. The van der Waals surface area contributed by atoms with Gasteiger partial charge in [0.2, 0.25) is 0 Å². The number of hydrogen-bond acceptors (Lipinski definition) is 12. The summed E-state index contributed by atoms with van der Waals surface area (Å²) in [4.78, 5) is 64.7. The standard InChI is InChI=1S/C21H23NO5.C5H5N5.C4H4N2O2/c1-11(23)25-16-6-4-13-10-15-14-5-7-17(26-12(2)24)20-21(14,8-9-22(15)3)18(13)19(16)27-20;6-4-3-5(9-1-7-3)10-2-8-4;7-3-1-2-5-4(8)6-3/h4-7,14-15,17,20H,8-10H2,1-3H3;1-2H,(H3,6,7,8,9,10);1-2H,(H2,5,6,7,8)/t14-,15+,17-,20-,21-;;/m0../s1. The van der Waals surface area contributed by atoms with Crippen molar-refractivity contribution < 1.29 is 23.8 Å². The van der Waals surface area contributed by atoms with Gasteiger partial charge in [-0.3, -0.25) is 19.4 Å². The minimum absolute atomic E-state index is 0.245. The van der Waals surface area contributed by atoms with Crippen LogP contribution in [0.5, 0.6) is 11.5 Å². The van der Waals surface area contributed by atoms with Crippen molar-refractivity contribution in [1.29, 1.82) is 0 Å². The fourth-order valence-electron chi connectivity index (χ4n) is 6.90. The van der Waals surface area contributed by atoms with E-state index >= 15 is 0 Å². The molecule has 1 aromatic carbocycles. The summed E-state index contributed by atoms with van der Waals surface area (Å²) in [5.74, 6) is 1.12. The molecule has 1 saturated heterocycles. The van der Waals surface area contributed by atoms with Crippen LogP contribution in [-0.4, -0.2) is 78.6 Å². The van der Waals surface area contributed by atoms with Crippen molar-refractivity contribution in [1.82, 2.24) is 34.8 Å². The number of esters is 2. The Hall–Kier alpha value is -5.31. The minimum atomic E-state index is -0.475. The number of piperidine rings is 1. The third-order valence-corrected chi connectivity index (χ3v) is 8.60. The largest absolute Gasteiger partial charge is 0.481 e. The highest BCUT2D eigenvalue weighted by Crippen LogP contribution is 2.62. The molecule has 234 valence electrons. The number of carbonyl (C=O) groups is 2. The first-order valence-corrected chi connectivity index (χ1v) is 14.3. The van der Waals surface area contributed by atoms with Crippen LogP contribution in [0, 0.1) is 5.92 Å². The summed E-state index contributed by atoms with van der Waals surface area (Å²) in [7, 11) is 2.17. The predicted octanol–water partition coefficient (Wildman–Crippen LogP) is 0.987. The topological polar surface area (TPSA) is 211 Å². The van der Waals surface area contributed by atoms with Gasteiger partial charge in [-0.25, -0.2) is 19.7 Å². The first kappa shape index (κ1) is 29.7. The summed E-state index contributed by atoms with van der Waals surface area (Å²) in [6.45, 7) is 3.77. The number of H-pyrrole nitrogens is 3. The van der Waals surface area contributed by atoms with E-state index in [1.54, 1.807) is 0 Å². The van der Waals surface area contributed by atoms with Gasteiger partial charge in [0.25, 0.3) is 5.56 Å². The first-order valence-electron chi connectivity index (χ1n) is 14.3. The molecule has 2 aliphatic heterocycles. The van der Waals surface area contributed by atoms with Crippen LogP contribution in [-0.2, 0) is 26.2 Å². The fraction of sp³-hybridized carbons (Fsp3) is 0.367. The zero-order valence-electron chi connectivity index (χ0n) is 24.8. The van der Waals surface area contributed by atoms with E-state index in [2.05, 4.69) is 49.0 Å². The lowest BCUT2D eigenvalue weighted by Gasteiger charge is -2.56. The fourth-order valence-corrected chi connectivity index (χ4v) is 6.90. The molecule has 5 heterocycles. The second-order valence-electron chi connectivity index (χ2n) is 11.2. The third-order valence-electron chi connectivity index (χ3n) is 8.60. The van der Waals surface area contributed by atoms with Gasteiger partial charge in [-0.1, -0.05) is 12.1 Å². The van der Waals surface area contributed by atoms with E-state index in [0.717, 1.165) is 24.9 Å². The lowest BCUT2D eigenvalue weighted by Crippen LogP contribution is -2.65. The Balaban J connectivity index is 0.000000161. The molecule has 4 aromatic rings. The van der Waals surface area contributed by atoms with E-state index in [4.69, 9.17) is 19.9 Å². The Kier molecular flexibility index (Phi) is 7.70. The maximum atomic E-state index is 11.7. The highest BCUT2D eigenvalue weighted by atomic mass is 16.6. The number of rotatable bonds is 2. The van der Waals surface area contributed by atoms with Crippen molar-refractivity contribution in [2.75, 3.05) is 19.3 Å². The number of aromatic nitrogens is 6. The third kappa shape index (κ3) is 5.35. The molecule has 1 spiro atoms. The zero-order chi connectivity index (χ0) is 31.9. The van der Waals surface area contributed by atoms with Crippen molar-refractivity contribution in [3.05, 3.63) is 81.2 Å². The molecule has 2 aliphatic carbocycles. The molecule has 2 bridgehead atoms. The summed E-state index contributed by atoms with van der Waals surface area (Å²) in [6, 6.07) is 5.51. The van der Waals surface area contributed by atoms with Crippen LogP contribution in [0.25, 0.3) is 11.2 Å². The number of likely N-dealkylation sites (N-methyl/N-ethyl adjacent to an activating group) is 1. The van der Waals surface area contributed by atoms with Crippen LogP contribution < -0.4 is 26.5 Å². The highest BCUT2D eigenvalue weighted by Gasteiger charge is 2.65. The van der Waals surface area contributed by atoms with E-state index in [0.29, 0.717) is 34.5 Å². The molecule has 0 radical (unpaired) electrons. The number of hydrogen-bond donors (Lipinski definition) is 4. The van der Waals surface area contributed by atoms with Gasteiger partial charge >= 0.3 is 17.6 Å². The van der Waals surface area contributed by atoms with Crippen molar-refractivity contribution in [3.63, 3.8) is 0 Å². The summed E-state index contributed by atoms with van der Waals surface area (Å²) in [5.41, 5.74) is 8.07. The van der Waals surface area contributed by atoms with Crippen molar-refractivity contribution in [3.8, 4) is 11.5 Å². The average Bonchev–Trinajstić information content (AvgIpc) is 3.61. The smallest absolute Gasteiger partial charge is 0.325 e. The normalized spacial score (nSPS) is 25.0. The quantitative estimate of drug-likeness (QED) is 0.141. The molecule has 45 heavy (non-hydrogen) atoms. The molecule has 8 rings (SSSR count). The minimum Gasteiger partial charge on any atom is -0.481 e. The van der Waals surface area contributed by atoms with E-state index in [-0.39, 0.29) is 34.9 Å². The van der Waals surface area contributed by atoms with E-state index in [1.807, 2.05) is 17.1 Å².